The zero-order chi connectivity index (χ0) is 16.4. The number of halogens is 1. The van der Waals surface area contributed by atoms with E-state index in [0.717, 1.165) is 32.7 Å². The largest absolute Gasteiger partial charge is 0.478 e. The molecule has 0 aliphatic rings. The highest BCUT2D eigenvalue weighted by molar-refractivity contribution is 7.14. The van der Waals surface area contributed by atoms with Crippen molar-refractivity contribution >= 4 is 39.7 Å². The van der Waals surface area contributed by atoms with Crippen molar-refractivity contribution in [2.75, 3.05) is 5.32 Å². The van der Waals surface area contributed by atoms with Crippen molar-refractivity contribution in [3.05, 3.63) is 64.0 Å². The first-order valence-electron chi connectivity index (χ1n) is 6.85. The van der Waals surface area contributed by atoms with Crippen molar-refractivity contribution in [3.63, 3.8) is 0 Å². The van der Waals surface area contributed by atoms with E-state index in [1.54, 1.807) is 24.3 Å². The Bertz CT molecular complexity index is 859. The quantitative estimate of drug-likeness (QED) is 0.681. The summed E-state index contributed by atoms with van der Waals surface area (Å²) in [7, 11) is 0. The molecule has 1 aromatic heterocycles. The first kappa shape index (κ1) is 15.5. The SMILES string of the molecule is Cc1cc(-c2csc(Nc3ccc(C(=O)O)cc3)n2)ccc1Cl. The molecule has 0 aliphatic heterocycles. The molecule has 0 saturated carbocycles. The van der Waals surface area contributed by atoms with Gasteiger partial charge in [0, 0.05) is 21.7 Å². The minimum Gasteiger partial charge on any atom is -0.478 e. The number of anilines is 2. The minimum atomic E-state index is -0.939. The fourth-order valence-corrected chi connectivity index (χ4v) is 2.94. The molecule has 0 saturated heterocycles. The lowest BCUT2D eigenvalue weighted by atomic mass is 10.1. The van der Waals surface area contributed by atoms with Crippen molar-refractivity contribution in [1.82, 2.24) is 4.98 Å². The predicted molar refractivity (Wildman–Crippen MR) is 94.0 cm³/mol. The average molecular weight is 345 g/mol. The maximum atomic E-state index is 10.8. The Balaban J connectivity index is 1.79. The van der Waals surface area contributed by atoms with Gasteiger partial charge in [0.15, 0.2) is 5.13 Å². The second kappa shape index (κ2) is 6.40. The monoisotopic (exact) mass is 344 g/mol. The van der Waals surface area contributed by atoms with Gasteiger partial charge in [0.2, 0.25) is 0 Å². The molecule has 1 heterocycles. The number of aryl methyl sites for hydroxylation is 1. The lowest BCUT2D eigenvalue weighted by Crippen LogP contribution is -1.96. The van der Waals surface area contributed by atoms with Gasteiger partial charge in [-0.2, -0.15) is 0 Å². The smallest absolute Gasteiger partial charge is 0.335 e. The Morgan fingerprint density at radius 3 is 2.61 bits per heavy atom. The van der Waals surface area contributed by atoms with E-state index in [0.29, 0.717) is 0 Å². The molecule has 0 bridgehead atoms. The maximum absolute atomic E-state index is 10.8. The normalized spacial score (nSPS) is 10.5. The van der Waals surface area contributed by atoms with Gasteiger partial charge in [0.05, 0.1) is 11.3 Å². The van der Waals surface area contributed by atoms with Gasteiger partial charge < -0.3 is 10.4 Å². The lowest BCUT2D eigenvalue weighted by Gasteiger charge is -2.03. The van der Waals surface area contributed by atoms with E-state index in [9.17, 15) is 4.79 Å². The molecule has 4 nitrogen and oxygen atoms in total. The van der Waals surface area contributed by atoms with Gasteiger partial charge in [0.1, 0.15) is 0 Å². The summed E-state index contributed by atoms with van der Waals surface area (Å²) >= 11 is 7.53. The van der Waals surface area contributed by atoms with E-state index in [1.165, 1.54) is 11.3 Å². The highest BCUT2D eigenvalue weighted by Crippen LogP contribution is 2.29. The van der Waals surface area contributed by atoms with E-state index < -0.39 is 5.97 Å². The van der Waals surface area contributed by atoms with Gasteiger partial charge in [-0.15, -0.1) is 11.3 Å². The maximum Gasteiger partial charge on any atom is 0.335 e. The molecule has 0 spiro atoms. The van der Waals surface area contributed by atoms with Crippen LogP contribution in [0.4, 0.5) is 10.8 Å². The third-order valence-electron chi connectivity index (χ3n) is 3.34. The Hall–Kier alpha value is -2.37. The van der Waals surface area contributed by atoms with Crippen molar-refractivity contribution in [2.24, 2.45) is 0 Å². The molecule has 116 valence electrons. The molecule has 0 aliphatic carbocycles. The van der Waals surface area contributed by atoms with E-state index in [1.807, 2.05) is 30.5 Å². The highest BCUT2D eigenvalue weighted by atomic mass is 35.5. The van der Waals surface area contributed by atoms with Gasteiger partial charge in [-0.05, 0) is 48.9 Å². The van der Waals surface area contributed by atoms with Crippen molar-refractivity contribution in [1.29, 1.82) is 0 Å². The molecule has 3 aromatic rings. The summed E-state index contributed by atoms with van der Waals surface area (Å²) in [5, 5.41) is 15.5. The number of nitrogens with zero attached hydrogens (tertiary/aromatic N) is 1. The zero-order valence-electron chi connectivity index (χ0n) is 12.2. The Labute approximate surface area is 142 Å². The summed E-state index contributed by atoms with van der Waals surface area (Å²) in [5.41, 5.74) is 3.95. The van der Waals surface area contributed by atoms with Crippen LogP contribution in [-0.4, -0.2) is 16.1 Å². The highest BCUT2D eigenvalue weighted by Gasteiger charge is 2.07. The molecule has 0 fully saturated rings. The van der Waals surface area contributed by atoms with E-state index in [-0.39, 0.29) is 5.56 Å². The minimum absolute atomic E-state index is 0.256. The molecule has 2 N–H and O–H groups in total. The fraction of sp³-hybridized carbons (Fsp3) is 0.0588. The number of carbonyl (C=O) groups is 1. The third-order valence-corrected chi connectivity index (χ3v) is 4.52. The molecule has 0 atom stereocenters. The van der Waals surface area contributed by atoms with Crippen molar-refractivity contribution in [2.45, 2.75) is 6.92 Å². The zero-order valence-corrected chi connectivity index (χ0v) is 13.8. The van der Waals surface area contributed by atoms with Crippen LogP contribution in [0.1, 0.15) is 15.9 Å². The number of carboxylic acid groups (broad SMARTS) is 1. The van der Waals surface area contributed by atoms with Crippen LogP contribution < -0.4 is 5.32 Å². The van der Waals surface area contributed by atoms with Crippen LogP contribution in [-0.2, 0) is 0 Å². The molecule has 2 aromatic carbocycles. The molecule has 6 heteroatoms. The molecule has 0 unspecified atom stereocenters. The standard InChI is InChI=1S/C17H13ClN2O2S/c1-10-8-12(4-7-14(10)18)15-9-23-17(20-15)19-13-5-2-11(3-6-13)16(21)22/h2-9H,1H3,(H,19,20)(H,21,22). The van der Waals surface area contributed by atoms with Gasteiger partial charge >= 0.3 is 5.97 Å². The second-order valence-electron chi connectivity index (χ2n) is 5.01. The van der Waals surface area contributed by atoms with E-state index in [2.05, 4.69) is 10.3 Å². The fourth-order valence-electron chi connectivity index (χ4n) is 2.09. The molecule has 3 rings (SSSR count). The Morgan fingerprint density at radius 2 is 1.96 bits per heavy atom. The summed E-state index contributed by atoms with van der Waals surface area (Å²) in [6.45, 7) is 1.96. The Morgan fingerprint density at radius 1 is 1.22 bits per heavy atom. The number of hydrogen-bond acceptors (Lipinski definition) is 4. The Kier molecular flexibility index (Phi) is 4.32. The summed E-state index contributed by atoms with van der Waals surface area (Å²) < 4.78 is 0. The predicted octanol–water partition coefficient (Wildman–Crippen LogP) is 5.21. The van der Waals surface area contributed by atoms with E-state index in [4.69, 9.17) is 16.7 Å². The van der Waals surface area contributed by atoms with Gasteiger partial charge in [-0.3, -0.25) is 0 Å². The average Bonchev–Trinajstić information content (AvgIpc) is 2.99. The number of nitrogens with one attached hydrogen (secondary N) is 1. The van der Waals surface area contributed by atoms with Crippen LogP contribution in [0.3, 0.4) is 0 Å². The summed E-state index contributed by atoms with van der Waals surface area (Å²) in [6.07, 6.45) is 0. The molecule has 23 heavy (non-hydrogen) atoms. The number of rotatable bonds is 4. The van der Waals surface area contributed by atoms with Crippen molar-refractivity contribution in [3.8, 4) is 11.3 Å². The molecular formula is C17H13ClN2O2S. The summed E-state index contributed by atoms with van der Waals surface area (Å²) in [5.74, 6) is -0.939. The van der Waals surface area contributed by atoms with E-state index >= 15 is 0 Å². The molecule has 0 amide bonds. The second-order valence-corrected chi connectivity index (χ2v) is 6.27. The van der Waals surface area contributed by atoms with Crippen molar-refractivity contribution < 1.29 is 9.90 Å². The first-order chi connectivity index (χ1) is 11.0. The van der Waals surface area contributed by atoms with Crippen LogP contribution in [0.5, 0.6) is 0 Å². The van der Waals surface area contributed by atoms with Crippen LogP contribution in [0, 0.1) is 6.92 Å². The van der Waals surface area contributed by atoms with Crippen LogP contribution in [0.2, 0.25) is 5.02 Å². The molecular weight excluding hydrogens is 332 g/mol. The topological polar surface area (TPSA) is 62.2 Å². The first-order valence-corrected chi connectivity index (χ1v) is 8.11. The summed E-state index contributed by atoms with van der Waals surface area (Å²) in [4.78, 5) is 15.4. The lowest BCUT2D eigenvalue weighted by molar-refractivity contribution is 0.0697. The van der Waals surface area contributed by atoms with Crippen LogP contribution in [0.25, 0.3) is 11.3 Å². The van der Waals surface area contributed by atoms with Crippen LogP contribution >= 0.6 is 22.9 Å². The molecule has 0 radical (unpaired) electrons. The van der Waals surface area contributed by atoms with Gasteiger partial charge in [-0.25, -0.2) is 9.78 Å². The number of thiazole rings is 1. The number of carboxylic acids is 1. The number of aromatic nitrogens is 1. The summed E-state index contributed by atoms with van der Waals surface area (Å²) in [6, 6.07) is 12.4. The number of benzene rings is 2. The number of hydrogen-bond donors (Lipinski definition) is 2. The third kappa shape index (κ3) is 3.52. The number of aromatic carboxylic acids is 1. The van der Waals surface area contributed by atoms with Crippen LogP contribution in [0.15, 0.2) is 47.8 Å². The van der Waals surface area contributed by atoms with Gasteiger partial charge in [0.25, 0.3) is 0 Å². The van der Waals surface area contributed by atoms with Gasteiger partial charge in [-0.1, -0.05) is 17.7 Å².